The Hall–Kier alpha value is -1.94. The van der Waals surface area contributed by atoms with Crippen LogP contribution < -0.4 is 0 Å². The maximum atomic E-state index is 13.2. The van der Waals surface area contributed by atoms with Gasteiger partial charge in [0.1, 0.15) is 11.9 Å². The highest BCUT2D eigenvalue weighted by molar-refractivity contribution is 5.90. The number of esters is 1. The van der Waals surface area contributed by atoms with Crippen molar-refractivity contribution in [1.82, 2.24) is 0 Å². The molecular formula is C27H46O4. The van der Waals surface area contributed by atoms with E-state index in [4.69, 9.17) is 9.47 Å². The SMILES string of the molecule is C.C=CCCCC(C)C(OC)C(C)C(=O)C(C)(C)/C=C/C(=O)OC(CC=C)/C(C)=C/C. The number of allylic oxidation sites excluding steroid dienone is 3. The number of carbonyl (C=O) groups is 2. The summed E-state index contributed by atoms with van der Waals surface area (Å²) in [6.45, 7) is 19.0. The topological polar surface area (TPSA) is 52.6 Å². The van der Waals surface area contributed by atoms with Crippen molar-refractivity contribution in [2.75, 3.05) is 7.11 Å². The Morgan fingerprint density at radius 2 is 1.74 bits per heavy atom. The Bertz CT molecular complexity index is 627. The first kappa shape index (κ1) is 31.2. The molecule has 0 saturated heterocycles. The van der Waals surface area contributed by atoms with E-state index in [2.05, 4.69) is 20.1 Å². The van der Waals surface area contributed by atoms with E-state index < -0.39 is 11.4 Å². The molecule has 0 amide bonds. The van der Waals surface area contributed by atoms with Gasteiger partial charge in [-0.3, -0.25) is 4.79 Å². The van der Waals surface area contributed by atoms with Crippen LogP contribution in [0.15, 0.2) is 49.1 Å². The first-order valence-corrected chi connectivity index (χ1v) is 10.9. The van der Waals surface area contributed by atoms with E-state index in [9.17, 15) is 9.59 Å². The number of ether oxygens (including phenoxy) is 2. The quantitative estimate of drug-likeness (QED) is 0.122. The normalized spacial score (nSPS) is 16.0. The molecule has 4 nitrogen and oxygen atoms in total. The fourth-order valence-corrected chi connectivity index (χ4v) is 3.62. The lowest BCUT2D eigenvalue weighted by Gasteiger charge is -2.32. The highest BCUT2D eigenvalue weighted by Crippen LogP contribution is 2.30. The molecule has 0 aliphatic rings. The molecule has 0 aromatic heterocycles. The van der Waals surface area contributed by atoms with E-state index in [0.717, 1.165) is 24.8 Å². The molecule has 0 N–H and O–H groups in total. The molecule has 0 radical (unpaired) electrons. The number of ketones is 1. The van der Waals surface area contributed by atoms with Gasteiger partial charge in [0, 0.05) is 30.9 Å². The minimum atomic E-state index is -0.806. The summed E-state index contributed by atoms with van der Waals surface area (Å²) in [5, 5.41) is 0. The van der Waals surface area contributed by atoms with Crippen molar-refractivity contribution in [2.24, 2.45) is 17.3 Å². The molecule has 0 rings (SSSR count). The van der Waals surface area contributed by atoms with E-state index in [0.29, 0.717) is 6.42 Å². The number of carbonyl (C=O) groups excluding carboxylic acids is 2. The Morgan fingerprint density at radius 1 is 1.13 bits per heavy atom. The second-order valence-electron chi connectivity index (χ2n) is 8.59. The molecule has 0 saturated carbocycles. The van der Waals surface area contributed by atoms with Crippen LogP contribution in [0.4, 0.5) is 0 Å². The van der Waals surface area contributed by atoms with Gasteiger partial charge >= 0.3 is 5.97 Å². The maximum Gasteiger partial charge on any atom is 0.331 e. The lowest BCUT2D eigenvalue weighted by Crippen LogP contribution is -2.39. The summed E-state index contributed by atoms with van der Waals surface area (Å²) < 4.78 is 11.2. The van der Waals surface area contributed by atoms with E-state index in [1.54, 1.807) is 19.3 Å². The van der Waals surface area contributed by atoms with Gasteiger partial charge in [0.15, 0.2) is 0 Å². The van der Waals surface area contributed by atoms with Crippen LogP contribution in [0.3, 0.4) is 0 Å². The molecule has 0 aliphatic heterocycles. The third-order valence-electron chi connectivity index (χ3n) is 5.68. The number of hydrogen-bond donors (Lipinski definition) is 0. The number of hydrogen-bond acceptors (Lipinski definition) is 4. The summed E-state index contributed by atoms with van der Waals surface area (Å²) in [6.07, 6.45) is 11.6. The van der Waals surface area contributed by atoms with Gasteiger partial charge in [-0.05, 0) is 58.4 Å². The second-order valence-corrected chi connectivity index (χ2v) is 8.59. The fourth-order valence-electron chi connectivity index (χ4n) is 3.62. The standard InChI is InChI=1S/C26H42O4.CH4/c1-10-13-14-16-20(5)24(29-9)21(6)25(28)26(7,8)18-17-23(27)30-22(15-11-2)19(4)12-3;/h10-12,17-18,20-22,24H,1-2,13-16H2,3-9H3;1H4/b18-17+,19-12+;. The van der Waals surface area contributed by atoms with E-state index in [1.807, 2.05) is 46.8 Å². The monoisotopic (exact) mass is 434 g/mol. The number of rotatable bonds is 15. The van der Waals surface area contributed by atoms with Crippen LogP contribution in [0.2, 0.25) is 0 Å². The predicted molar refractivity (Wildman–Crippen MR) is 132 cm³/mol. The largest absolute Gasteiger partial charge is 0.454 e. The molecule has 4 unspecified atom stereocenters. The minimum Gasteiger partial charge on any atom is -0.454 e. The number of Topliss-reactive ketones (excluding diaryl/α,β-unsaturated/α-hetero) is 1. The molecule has 0 bridgehead atoms. The Morgan fingerprint density at radius 3 is 2.23 bits per heavy atom. The van der Waals surface area contributed by atoms with Crippen LogP contribution >= 0.6 is 0 Å². The summed E-state index contributed by atoms with van der Waals surface area (Å²) in [5.41, 5.74) is 0.161. The third-order valence-corrected chi connectivity index (χ3v) is 5.68. The summed E-state index contributed by atoms with van der Waals surface area (Å²) in [6, 6.07) is 0. The molecule has 178 valence electrons. The average Bonchev–Trinajstić information content (AvgIpc) is 2.71. The average molecular weight is 435 g/mol. The van der Waals surface area contributed by atoms with Gasteiger partial charge in [0.25, 0.3) is 0 Å². The molecule has 0 heterocycles. The van der Waals surface area contributed by atoms with Gasteiger partial charge < -0.3 is 9.47 Å². The van der Waals surface area contributed by atoms with Gasteiger partial charge in [0.05, 0.1) is 6.10 Å². The van der Waals surface area contributed by atoms with Gasteiger partial charge in [-0.15, -0.1) is 13.2 Å². The molecule has 0 fully saturated rings. The molecule has 4 heteroatoms. The molecule has 0 spiro atoms. The third kappa shape index (κ3) is 10.8. The van der Waals surface area contributed by atoms with Crippen molar-refractivity contribution in [3.63, 3.8) is 0 Å². The molecule has 4 atom stereocenters. The van der Waals surface area contributed by atoms with E-state index >= 15 is 0 Å². The zero-order valence-electron chi connectivity index (χ0n) is 20.1. The Labute approximate surface area is 191 Å². The van der Waals surface area contributed by atoms with Crippen molar-refractivity contribution in [2.45, 2.75) is 86.9 Å². The predicted octanol–water partition coefficient (Wildman–Crippen LogP) is 6.87. The zero-order chi connectivity index (χ0) is 23.3. The lowest BCUT2D eigenvalue weighted by molar-refractivity contribution is -0.141. The van der Waals surface area contributed by atoms with Crippen LogP contribution in [0.25, 0.3) is 0 Å². The summed E-state index contributed by atoms with van der Waals surface area (Å²) in [7, 11) is 1.65. The maximum absolute atomic E-state index is 13.2. The van der Waals surface area contributed by atoms with E-state index in [-0.39, 0.29) is 37.3 Å². The van der Waals surface area contributed by atoms with Crippen molar-refractivity contribution >= 4 is 11.8 Å². The van der Waals surface area contributed by atoms with Crippen molar-refractivity contribution in [1.29, 1.82) is 0 Å². The van der Waals surface area contributed by atoms with Gasteiger partial charge in [0.2, 0.25) is 0 Å². The molecular weight excluding hydrogens is 388 g/mol. The van der Waals surface area contributed by atoms with Crippen LogP contribution in [-0.2, 0) is 19.1 Å². The van der Waals surface area contributed by atoms with E-state index in [1.165, 1.54) is 6.08 Å². The summed E-state index contributed by atoms with van der Waals surface area (Å²) in [5.74, 6) is -0.454. The second kappa shape index (κ2) is 15.8. The summed E-state index contributed by atoms with van der Waals surface area (Å²) >= 11 is 0. The van der Waals surface area contributed by atoms with Crippen molar-refractivity contribution in [3.8, 4) is 0 Å². The minimum absolute atomic E-state index is 0. The van der Waals surface area contributed by atoms with Crippen LogP contribution in [0.1, 0.15) is 74.7 Å². The van der Waals surface area contributed by atoms with Crippen molar-refractivity contribution < 1.29 is 19.1 Å². The van der Waals surface area contributed by atoms with Gasteiger partial charge in [-0.1, -0.05) is 45.6 Å². The highest BCUT2D eigenvalue weighted by atomic mass is 16.5. The molecule has 0 aliphatic carbocycles. The first-order valence-electron chi connectivity index (χ1n) is 10.9. The van der Waals surface area contributed by atoms with Crippen LogP contribution in [0, 0.1) is 17.3 Å². The summed E-state index contributed by atoms with van der Waals surface area (Å²) in [4.78, 5) is 25.5. The first-order chi connectivity index (χ1) is 14.0. The van der Waals surface area contributed by atoms with Gasteiger partial charge in [-0.2, -0.15) is 0 Å². The molecule has 0 aromatic rings. The Balaban J connectivity index is 0. The van der Waals surface area contributed by atoms with Crippen LogP contribution in [0.5, 0.6) is 0 Å². The van der Waals surface area contributed by atoms with Crippen LogP contribution in [-0.4, -0.2) is 31.1 Å². The Kier molecular flexibility index (Phi) is 15.9. The molecule has 31 heavy (non-hydrogen) atoms. The fraction of sp³-hybridized carbons (Fsp3) is 0.630. The van der Waals surface area contributed by atoms with Crippen molar-refractivity contribution in [3.05, 3.63) is 49.1 Å². The smallest absolute Gasteiger partial charge is 0.331 e. The van der Waals surface area contributed by atoms with Gasteiger partial charge in [-0.25, -0.2) is 4.79 Å². The zero-order valence-corrected chi connectivity index (χ0v) is 20.1. The number of methoxy groups -OCH3 is 1. The lowest BCUT2D eigenvalue weighted by atomic mass is 9.76. The highest BCUT2D eigenvalue weighted by Gasteiger charge is 2.36. The number of unbranched alkanes of at least 4 members (excludes halogenated alkanes) is 1. The molecule has 0 aromatic carbocycles.